The van der Waals surface area contributed by atoms with Crippen molar-refractivity contribution >= 4 is 40.3 Å². The molecule has 156 valence electrons. The van der Waals surface area contributed by atoms with Crippen molar-refractivity contribution in [1.82, 2.24) is 15.0 Å². The summed E-state index contributed by atoms with van der Waals surface area (Å²) in [6.45, 7) is -0.443. The summed E-state index contributed by atoms with van der Waals surface area (Å²) >= 11 is 5.75. The zero-order chi connectivity index (χ0) is 21.8. The van der Waals surface area contributed by atoms with Crippen LogP contribution in [-0.4, -0.2) is 40.5 Å². The molecule has 0 bridgehead atoms. The Labute approximate surface area is 182 Å². The third-order valence-electron chi connectivity index (χ3n) is 4.41. The van der Waals surface area contributed by atoms with Crippen molar-refractivity contribution in [2.24, 2.45) is 0 Å². The summed E-state index contributed by atoms with van der Waals surface area (Å²) in [6, 6.07) is 15.6. The van der Waals surface area contributed by atoms with Crippen molar-refractivity contribution in [3.63, 3.8) is 0 Å². The Hall–Kier alpha value is -3.91. The number of esters is 1. The van der Waals surface area contributed by atoms with Crippen LogP contribution in [0, 0.1) is 0 Å². The molecule has 0 fully saturated rings. The third kappa shape index (κ3) is 4.81. The molecule has 0 unspecified atom stereocenters. The van der Waals surface area contributed by atoms with Crippen molar-refractivity contribution in [2.75, 3.05) is 19.0 Å². The van der Waals surface area contributed by atoms with Gasteiger partial charge in [0.15, 0.2) is 6.61 Å². The number of nitrogens with one attached hydrogen (secondary N) is 2. The molecule has 2 aromatic heterocycles. The predicted octanol–water partition coefficient (Wildman–Crippen LogP) is 4.08. The Bertz CT molecular complexity index is 1240. The minimum atomic E-state index is -0.623. The number of nitrogens with zero attached hydrogens (tertiary/aromatic N) is 2. The first-order valence-electron chi connectivity index (χ1n) is 9.24. The van der Waals surface area contributed by atoms with E-state index in [1.54, 1.807) is 37.4 Å². The van der Waals surface area contributed by atoms with E-state index in [-0.39, 0.29) is 0 Å². The Morgan fingerprint density at radius 2 is 1.90 bits per heavy atom. The molecule has 2 aromatic carbocycles. The number of anilines is 1. The van der Waals surface area contributed by atoms with Gasteiger partial charge in [0.1, 0.15) is 17.4 Å². The number of pyridine rings is 1. The molecule has 0 aliphatic heterocycles. The molecule has 0 radical (unpaired) electrons. The largest absolute Gasteiger partial charge is 0.497 e. The van der Waals surface area contributed by atoms with Gasteiger partial charge in [0.2, 0.25) is 0 Å². The summed E-state index contributed by atoms with van der Waals surface area (Å²) < 4.78 is 10.3. The molecule has 4 rings (SSSR count). The zero-order valence-corrected chi connectivity index (χ0v) is 17.1. The van der Waals surface area contributed by atoms with E-state index < -0.39 is 18.5 Å². The maximum atomic E-state index is 12.4. The maximum absolute atomic E-state index is 12.4. The summed E-state index contributed by atoms with van der Waals surface area (Å²) in [7, 11) is 1.61. The number of halogens is 1. The van der Waals surface area contributed by atoms with Crippen molar-refractivity contribution in [3.8, 4) is 17.1 Å². The normalized spacial score (nSPS) is 10.6. The minimum Gasteiger partial charge on any atom is -0.497 e. The molecule has 4 aromatic rings. The van der Waals surface area contributed by atoms with Gasteiger partial charge in [-0.25, -0.2) is 14.8 Å². The van der Waals surface area contributed by atoms with Crippen molar-refractivity contribution in [1.29, 1.82) is 0 Å². The number of carbonyl (C=O) groups is 2. The van der Waals surface area contributed by atoms with Gasteiger partial charge in [-0.05, 0) is 54.6 Å². The van der Waals surface area contributed by atoms with E-state index in [0.717, 1.165) is 11.3 Å². The highest BCUT2D eigenvalue weighted by Crippen LogP contribution is 2.23. The number of methoxy groups -OCH3 is 1. The Morgan fingerprint density at radius 3 is 2.61 bits per heavy atom. The molecule has 1 amide bonds. The second-order valence-corrected chi connectivity index (χ2v) is 6.97. The number of imidazole rings is 1. The number of aromatic nitrogens is 3. The van der Waals surface area contributed by atoms with Crippen LogP contribution in [0.5, 0.6) is 5.75 Å². The Balaban J connectivity index is 1.41. The lowest BCUT2D eigenvalue weighted by molar-refractivity contribution is -0.119. The maximum Gasteiger partial charge on any atom is 0.338 e. The van der Waals surface area contributed by atoms with Crippen LogP contribution >= 0.6 is 11.6 Å². The standard InChI is InChI=1S/C22H17ClN4O4/c1-30-16-6-2-13(3-7-16)21-25-17-8-4-14(10-18(17)26-21)22(29)31-12-20(28)27-19-9-5-15(23)11-24-19/h2-11H,12H2,1H3,(H,25,26)(H,24,27,28). The Morgan fingerprint density at radius 1 is 1.10 bits per heavy atom. The summed E-state index contributed by atoms with van der Waals surface area (Å²) in [5.74, 6) is 0.600. The number of H-pyrrole nitrogens is 1. The highest BCUT2D eigenvalue weighted by molar-refractivity contribution is 6.30. The van der Waals surface area contributed by atoms with Crippen molar-refractivity contribution < 1.29 is 19.1 Å². The molecule has 0 saturated carbocycles. The molecule has 0 spiro atoms. The highest BCUT2D eigenvalue weighted by Gasteiger charge is 2.13. The molecule has 31 heavy (non-hydrogen) atoms. The third-order valence-corrected chi connectivity index (χ3v) is 4.63. The monoisotopic (exact) mass is 436 g/mol. The number of benzene rings is 2. The van der Waals surface area contributed by atoms with Gasteiger partial charge in [-0.2, -0.15) is 0 Å². The first kappa shape index (κ1) is 20.4. The second kappa shape index (κ2) is 8.85. The van der Waals surface area contributed by atoms with Crippen LogP contribution in [0.2, 0.25) is 5.02 Å². The molecule has 0 aliphatic rings. The number of aromatic amines is 1. The number of carbonyl (C=O) groups excluding carboxylic acids is 2. The van der Waals surface area contributed by atoms with Gasteiger partial charge in [-0.15, -0.1) is 0 Å². The molecule has 0 saturated heterocycles. The number of fused-ring (bicyclic) bond motifs is 1. The number of hydrogen-bond acceptors (Lipinski definition) is 6. The van der Waals surface area contributed by atoms with Crippen molar-refractivity contribution in [3.05, 3.63) is 71.4 Å². The minimum absolute atomic E-state index is 0.301. The molecule has 8 nitrogen and oxygen atoms in total. The molecule has 9 heteroatoms. The summed E-state index contributed by atoms with van der Waals surface area (Å²) in [5, 5.41) is 2.98. The van der Waals surface area contributed by atoms with E-state index in [1.165, 1.54) is 6.20 Å². The SMILES string of the molecule is COc1ccc(-c2nc3ccc(C(=O)OCC(=O)Nc4ccc(Cl)cn4)cc3[nH]2)cc1. The lowest BCUT2D eigenvalue weighted by Crippen LogP contribution is -2.21. The lowest BCUT2D eigenvalue weighted by atomic mass is 10.2. The van der Waals surface area contributed by atoms with Crippen LogP contribution in [-0.2, 0) is 9.53 Å². The van der Waals surface area contributed by atoms with E-state index in [2.05, 4.69) is 20.3 Å². The predicted molar refractivity (Wildman–Crippen MR) is 116 cm³/mol. The fourth-order valence-electron chi connectivity index (χ4n) is 2.87. The van der Waals surface area contributed by atoms with Crippen LogP contribution in [0.15, 0.2) is 60.8 Å². The Kier molecular flexibility index (Phi) is 5.81. The van der Waals surface area contributed by atoms with E-state index >= 15 is 0 Å². The van der Waals surface area contributed by atoms with Gasteiger partial charge >= 0.3 is 5.97 Å². The fourth-order valence-corrected chi connectivity index (χ4v) is 2.98. The molecule has 0 atom stereocenters. The number of hydrogen-bond donors (Lipinski definition) is 2. The first-order valence-corrected chi connectivity index (χ1v) is 9.62. The van der Waals surface area contributed by atoms with Gasteiger partial charge in [0.25, 0.3) is 5.91 Å². The smallest absolute Gasteiger partial charge is 0.338 e. The quantitative estimate of drug-likeness (QED) is 0.441. The zero-order valence-electron chi connectivity index (χ0n) is 16.4. The topological polar surface area (TPSA) is 106 Å². The average molecular weight is 437 g/mol. The number of rotatable bonds is 6. The van der Waals surface area contributed by atoms with Crippen LogP contribution in [0.3, 0.4) is 0 Å². The van der Waals surface area contributed by atoms with Gasteiger partial charge < -0.3 is 19.8 Å². The average Bonchev–Trinajstić information content (AvgIpc) is 3.22. The van der Waals surface area contributed by atoms with Gasteiger partial charge in [0.05, 0.1) is 28.7 Å². The van der Waals surface area contributed by atoms with Crippen LogP contribution < -0.4 is 10.1 Å². The molecule has 0 aliphatic carbocycles. The summed E-state index contributed by atoms with van der Waals surface area (Å²) in [4.78, 5) is 36.0. The van der Waals surface area contributed by atoms with Gasteiger partial charge in [0, 0.05) is 11.8 Å². The van der Waals surface area contributed by atoms with E-state index in [0.29, 0.717) is 33.3 Å². The van der Waals surface area contributed by atoms with E-state index in [1.807, 2.05) is 24.3 Å². The summed E-state index contributed by atoms with van der Waals surface area (Å²) in [5.41, 5.74) is 2.56. The second-order valence-electron chi connectivity index (χ2n) is 6.53. The van der Waals surface area contributed by atoms with Crippen molar-refractivity contribution in [2.45, 2.75) is 0 Å². The van der Waals surface area contributed by atoms with Gasteiger partial charge in [-0.3, -0.25) is 4.79 Å². The van der Waals surface area contributed by atoms with Gasteiger partial charge in [-0.1, -0.05) is 11.6 Å². The number of amides is 1. The highest BCUT2D eigenvalue weighted by atomic mass is 35.5. The number of ether oxygens (including phenoxy) is 2. The fraction of sp³-hybridized carbons (Fsp3) is 0.0909. The van der Waals surface area contributed by atoms with Crippen LogP contribution in [0.1, 0.15) is 10.4 Å². The molecular weight excluding hydrogens is 420 g/mol. The van der Waals surface area contributed by atoms with Crippen LogP contribution in [0.4, 0.5) is 5.82 Å². The first-order chi connectivity index (χ1) is 15.0. The van der Waals surface area contributed by atoms with E-state index in [4.69, 9.17) is 21.1 Å². The molecular formula is C22H17ClN4O4. The van der Waals surface area contributed by atoms with E-state index in [9.17, 15) is 9.59 Å². The molecule has 2 N–H and O–H groups in total. The molecule has 2 heterocycles. The summed E-state index contributed by atoms with van der Waals surface area (Å²) in [6.07, 6.45) is 1.41. The van der Waals surface area contributed by atoms with Crippen LogP contribution in [0.25, 0.3) is 22.4 Å². The lowest BCUT2D eigenvalue weighted by Gasteiger charge is -2.06.